The summed E-state index contributed by atoms with van der Waals surface area (Å²) in [6.07, 6.45) is 1.37. The Labute approximate surface area is 202 Å². The van der Waals surface area contributed by atoms with Gasteiger partial charge in [0, 0.05) is 50.9 Å². The van der Waals surface area contributed by atoms with Crippen molar-refractivity contribution in [3.63, 3.8) is 0 Å². The fourth-order valence-corrected chi connectivity index (χ4v) is 4.10. The lowest BCUT2D eigenvalue weighted by Gasteiger charge is -2.35. The normalized spacial score (nSPS) is 13.4. The average Bonchev–Trinajstić information content (AvgIpc) is 2.89. The number of aromatic nitrogens is 2. The maximum Gasteiger partial charge on any atom is 0.261 e. The SMILES string of the molecule is COc1cc(C#N)ccc1CNC(=O)Cn1cnc2ccc(N3CCN(C(C)=O)CC3)cc2c1=O. The predicted octanol–water partition coefficient (Wildman–Crippen LogP) is 1.26. The van der Waals surface area contributed by atoms with E-state index in [2.05, 4.69) is 15.2 Å². The first-order valence-corrected chi connectivity index (χ1v) is 11.2. The molecule has 10 heteroatoms. The second-order valence-corrected chi connectivity index (χ2v) is 8.29. The summed E-state index contributed by atoms with van der Waals surface area (Å²) < 4.78 is 6.58. The van der Waals surface area contributed by atoms with Crippen molar-refractivity contribution in [3.05, 3.63) is 64.2 Å². The number of carbonyl (C=O) groups excluding carboxylic acids is 2. The summed E-state index contributed by atoms with van der Waals surface area (Å²) in [4.78, 5) is 45.5. The summed E-state index contributed by atoms with van der Waals surface area (Å²) >= 11 is 0. The van der Waals surface area contributed by atoms with Gasteiger partial charge in [-0.2, -0.15) is 5.26 Å². The van der Waals surface area contributed by atoms with E-state index in [1.54, 1.807) is 42.2 Å². The molecular weight excluding hydrogens is 448 g/mol. The van der Waals surface area contributed by atoms with Crippen LogP contribution in [-0.2, 0) is 22.7 Å². The van der Waals surface area contributed by atoms with Gasteiger partial charge in [-0.1, -0.05) is 6.07 Å². The van der Waals surface area contributed by atoms with E-state index in [0.717, 1.165) is 11.3 Å². The number of amides is 2. The molecule has 0 radical (unpaired) electrons. The third kappa shape index (κ3) is 5.24. The lowest BCUT2D eigenvalue weighted by atomic mass is 10.1. The van der Waals surface area contributed by atoms with Gasteiger partial charge < -0.3 is 19.9 Å². The third-order valence-corrected chi connectivity index (χ3v) is 6.10. The number of nitrogens with one attached hydrogen (secondary N) is 1. The first-order valence-electron chi connectivity index (χ1n) is 11.2. The van der Waals surface area contributed by atoms with Gasteiger partial charge in [-0.15, -0.1) is 0 Å². The molecule has 180 valence electrons. The molecule has 0 saturated carbocycles. The van der Waals surface area contributed by atoms with E-state index in [9.17, 15) is 14.4 Å². The highest BCUT2D eigenvalue weighted by molar-refractivity contribution is 5.82. The topological polar surface area (TPSA) is 121 Å². The van der Waals surface area contributed by atoms with E-state index >= 15 is 0 Å². The van der Waals surface area contributed by atoms with E-state index in [1.165, 1.54) is 18.0 Å². The van der Waals surface area contributed by atoms with Gasteiger partial charge in [0.1, 0.15) is 12.3 Å². The van der Waals surface area contributed by atoms with Gasteiger partial charge in [0.05, 0.1) is 36.0 Å². The monoisotopic (exact) mass is 474 g/mol. The van der Waals surface area contributed by atoms with Gasteiger partial charge in [0.25, 0.3) is 5.56 Å². The minimum Gasteiger partial charge on any atom is -0.496 e. The highest BCUT2D eigenvalue weighted by atomic mass is 16.5. The summed E-state index contributed by atoms with van der Waals surface area (Å²) in [6.45, 7) is 4.21. The lowest BCUT2D eigenvalue weighted by Crippen LogP contribution is -2.48. The molecule has 0 aliphatic carbocycles. The number of hydrogen-bond donors (Lipinski definition) is 1. The fourth-order valence-electron chi connectivity index (χ4n) is 4.10. The maximum atomic E-state index is 13.1. The zero-order valence-electron chi connectivity index (χ0n) is 19.7. The highest BCUT2D eigenvalue weighted by Crippen LogP contribution is 2.21. The number of methoxy groups -OCH3 is 1. The summed E-state index contributed by atoms with van der Waals surface area (Å²) in [5.74, 6) is 0.216. The maximum absolute atomic E-state index is 13.1. The molecule has 1 aliphatic heterocycles. The Hall–Kier alpha value is -4.39. The molecule has 1 N–H and O–H groups in total. The Morgan fingerprint density at radius 3 is 2.60 bits per heavy atom. The number of ether oxygens (including phenoxy) is 1. The van der Waals surface area contributed by atoms with E-state index < -0.39 is 0 Å². The highest BCUT2D eigenvalue weighted by Gasteiger charge is 2.19. The van der Waals surface area contributed by atoms with Crippen LogP contribution in [0.3, 0.4) is 0 Å². The zero-order valence-corrected chi connectivity index (χ0v) is 19.7. The number of piperazine rings is 1. The minimum atomic E-state index is -0.351. The van der Waals surface area contributed by atoms with Crippen molar-refractivity contribution >= 4 is 28.4 Å². The van der Waals surface area contributed by atoms with Crippen molar-refractivity contribution in [1.29, 1.82) is 5.26 Å². The standard InChI is InChI=1S/C25H26N6O4/c1-17(32)29-7-9-30(10-8-29)20-5-6-22-21(12-20)25(34)31(16-28-22)15-24(33)27-14-19-4-3-18(13-26)11-23(19)35-2/h3-6,11-12,16H,7-10,14-15H2,1-2H3,(H,27,33). The lowest BCUT2D eigenvalue weighted by molar-refractivity contribution is -0.129. The Morgan fingerprint density at radius 2 is 1.91 bits per heavy atom. The number of rotatable bonds is 6. The third-order valence-electron chi connectivity index (χ3n) is 6.10. The first kappa shape index (κ1) is 23.8. The molecule has 0 bridgehead atoms. The van der Waals surface area contributed by atoms with Crippen molar-refractivity contribution < 1.29 is 14.3 Å². The van der Waals surface area contributed by atoms with E-state index in [4.69, 9.17) is 10.00 Å². The van der Waals surface area contributed by atoms with Crippen LogP contribution in [0.4, 0.5) is 5.69 Å². The van der Waals surface area contributed by atoms with Crippen LogP contribution in [0.15, 0.2) is 47.5 Å². The molecule has 0 spiro atoms. The average molecular weight is 475 g/mol. The Kier molecular flexibility index (Phi) is 6.96. The molecule has 1 saturated heterocycles. The molecule has 0 unspecified atom stereocenters. The molecular formula is C25H26N6O4. The van der Waals surface area contributed by atoms with Gasteiger partial charge in [0.2, 0.25) is 11.8 Å². The van der Waals surface area contributed by atoms with Crippen molar-refractivity contribution in [2.75, 3.05) is 38.2 Å². The zero-order chi connectivity index (χ0) is 24.9. The van der Waals surface area contributed by atoms with Gasteiger partial charge in [0.15, 0.2) is 0 Å². The van der Waals surface area contributed by atoms with E-state index in [0.29, 0.717) is 48.4 Å². The predicted molar refractivity (Wildman–Crippen MR) is 130 cm³/mol. The second kappa shape index (κ2) is 10.3. The van der Waals surface area contributed by atoms with Crippen LogP contribution in [0, 0.1) is 11.3 Å². The van der Waals surface area contributed by atoms with Gasteiger partial charge in [-0.05, 0) is 30.3 Å². The number of anilines is 1. The Bertz CT molecular complexity index is 1370. The number of hydrogen-bond acceptors (Lipinski definition) is 7. The molecule has 1 aromatic heterocycles. The molecule has 3 aromatic rings. The molecule has 1 aliphatic rings. The minimum absolute atomic E-state index is 0.0613. The van der Waals surface area contributed by atoms with Gasteiger partial charge in [-0.3, -0.25) is 19.0 Å². The summed E-state index contributed by atoms with van der Waals surface area (Å²) in [7, 11) is 1.50. The van der Waals surface area contributed by atoms with Gasteiger partial charge in [-0.25, -0.2) is 4.98 Å². The van der Waals surface area contributed by atoms with Crippen LogP contribution in [0.2, 0.25) is 0 Å². The summed E-state index contributed by atoms with van der Waals surface area (Å²) in [5.41, 5.74) is 2.32. The Balaban J connectivity index is 1.46. The molecule has 4 rings (SSSR count). The summed E-state index contributed by atoms with van der Waals surface area (Å²) in [5, 5.41) is 12.2. The smallest absolute Gasteiger partial charge is 0.261 e. The number of benzene rings is 2. The summed E-state index contributed by atoms with van der Waals surface area (Å²) in [6, 6.07) is 12.5. The van der Waals surface area contributed by atoms with Crippen molar-refractivity contribution in [3.8, 4) is 11.8 Å². The van der Waals surface area contributed by atoms with Crippen molar-refractivity contribution in [2.24, 2.45) is 0 Å². The van der Waals surface area contributed by atoms with E-state index in [1.807, 2.05) is 12.1 Å². The van der Waals surface area contributed by atoms with Crippen LogP contribution in [0.1, 0.15) is 18.1 Å². The number of nitrogens with zero attached hydrogens (tertiary/aromatic N) is 5. The van der Waals surface area contributed by atoms with Crippen LogP contribution in [-0.4, -0.2) is 59.6 Å². The fraction of sp³-hybridized carbons (Fsp3) is 0.320. The molecule has 2 heterocycles. The Morgan fingerprint density at radius 1 is 1.14 bits per heavy atom. The molecule has 10 nitrogen and oxygen atoms in total. The van der Waals surface area contributed by atoms with Crippen LogP contribution in [0.5, 0.6) is 5.75 Å². The molecule has 0 atom stereocenters. The quantitative estimate of drug-likeness (QED) is 0.571. The number of nitriles is 1. The van der Waals surface area contributed by atoms with Gasteiger partial charge >= 0.3 is 0 Å². The first-order chi connectivity index (χ1) is 16.9. The molecule has 35 heavy (non-hydrogen) atoms. The van der Waals surface area contributed by atoms with Crippen LogP contribution < -0.4 is 20.5 Å². The van der Waals surface area contributed by atoms with Crippen LogP contribution >= 0.6 is 0 Å². The molecule has 1 fully saturated rings. The number of carbonyl (C=O) groups is 2. The largest absolute Gasteiger partial charge is 0.496 e. The second-order valence-electron chi connectivity index (χ2n) is 8.29. The van der Waals surface area contributed by atoms with Crippen molar-refractivity contribution in [2.45, 2.75) is 20.0 Å². The number of fused-ring (bicyclic) bond motifs is 1. The van der Waals surface area contributed by atoms with Crippen molar-refractivity contribution in [1.82, 2.24) is 19.8 Å². The molecule has 2 amide bonds. The molecule has 2 aromatic carbocycles. The van der Waals surface area contributed by atoms with Crippen LogP contribution in [0.25, 0.3) is 10.9 Å². The van der Waals surface area contributed by atoms with E-state index in [-0.39, 0.29) is 30.5 Å².